The Balaban J connectivity index is 1.52. The maximum atomic E-state index is 13.8. The predicted molar refractivity (Wildman–Crippen MR) is 171 cm³/mol. The Morgan fingerprint density at radius 3 is 2.04 bits per heavy atom. The Labute approximate surface area is 269 Å². The molecule has 1 aromatic heterocycles. The van der Waals surface area contributed by atoms with Crippen molar-refractivity contribution in [2.24, 2.45) is 0 Å². The number of alkyl halides is 3. The fourth-order valence-corrected chi connectivity index (χ4v) is 5.68. The Hall–Kier alpha value is -4.16. The van der Waals surface area contributed by atoms with Crippen LogP contribution in [0.5, 0.6) is 5.75 Å². The fourth-order valence-electron chi connectivity index (χ4n) is 4.84. The van der Waals surface area contributed by atoms with Gasteiger partial charge in [0.05, 0.1) is 19.1 Å². The number of rotatable bonds is 14. The van der Waals surface area contributed by atoms with Gasteiger partial charge in [-0.05, 0) is 59.6 Å². The van der Waals surface area contributed by atoms with Gasteiger partial charge in [-0.3, -0.25) is 14.6 Å². The van der Waals surface area contributed by atoms with E-state index in [0.29, 0.717) is 29.6 Å². The second-order valence-electron chi connectivity index (χ2n) is 10.6. The fraction of sp³-hybridized carbons (Fsp3) is 0.324. The molecule has 0 aliphatic rings. The topological polar surface area (TPSA) is 78.5 Å². The number of hydrogen-bond acceptors (Lipinski definition) is 6. The number of methoxy groups -OCH3 is 1. The van der Waals surface area contributed by atoms with Crippen molar-refractivity contribution in [1.82, 2.24) is 19.8 Å². The first kappa shape index (κ1) is 34.7. The van der Waals surface area contributed by atoms with E-state index in [1.54, 1.807) is 17.0 Å². The molecule has 0 spiro atoms. The Morgan fingerprint density at radius 2 is 1.48 bits per heavy atom. The zero-order valence-corrected chi connectivity index (χ0v) is 26.7. The molecule has 0 aliphatic heterocycles. The molecule has 1 amide bonds. The smallest absolute Gasteiger partial charge is 0.416 e. The molecule has 1 heterocycles. The normalized spacial score (nSPS) is 11.6. The average Bonchev–Trinajstić information content (AvgIpc) is 3.04. The quantitative estimate of drug-likeness (QED) is 0.0914. The van der Waals surface area contributed by atoms with Crippen LogP contribution in [0.25, 0.3) is 11.1 Å². The lowest BCUT2D eigenvalue weighted by Gasteiger charge is -2.27. The molecule has 12 heteroatoms. The number of carbonyl (C=O) groups excluding carboxylic acids is 1. The van der Waals surface area contributed by atoms with Crippen LogP contribution in [0, 0.1) is 5.82 Å². The standard InChI is InChI=1S/C34H36F4N4O3S/c1-4-41(5-2)18-19-42(21-23-6-10-25(11-7-23)26-12-14-27(15-13-26)34(36,37)38)30(43)20-29-31(45-3)32(44)40-33(39-29)46-22-24-8-16-28(35)17-9-24/h6-17H,4-5,18-22H2,1-3H3,(H,39,40,44). The molecular formula is C34H36F4N4O3S. The first-order valence-corrected chi connectivity index (χ1v) is 15.8. The van der Waals surface area contributed by atoms with Gasteiger partial charge in [0.2, 0.25) is 11.7 Å². The summed E-state index contributed by atoms with van der Waals surface area (Å²) < 4.78 is 57.5. The van der Waals surface area contributed by atoms with Gasteiger partial charge in [0.1, 0.15) is 11.5 Å². The Kier molecular flexibility index (Phi) is 12.0. The number of thioether (sulfide) groups is 1. The van der Waals surface area contributed by atoms with Crippen molar-refractivity contribution in [2.45, 2.75) is 43.9 Å². The minimum absolute atomic E-state index is 0.0379. The molecule has 0 saturated carbocycles. The number of benzene rings is 3. The first-order valence-electron chi connectivity index (χ1n) is 14.8. The zero-order valence-electron chi connectivity index (χ0n) is 25.9. The highest BCUT2D eigenvalue weighted by Crippen LogP contribution is 2.31. The van der Waals surface area contributed by atoms with Gasteiger partial charge in [-0.15, -0.1) is 0 Å². The van der Waals surface area contributed by atoms with Crippen LogP contribution in [-0.2, 0) is 29.7 Å². The summed E-state index contributed by atoms with van der Waals surface area (Å²) in [4.78, 5) is 37.7. The number of halogens is 4. The van der Waals surface area contributed by atoms with Gasteiger partial charge < -0.3 is 14.5 Å². The molecule has 0 fully saturated rings. The SMILES string of the molecule is CCN(CC)CCN(Cc1ccc(-c2ccc(C(F)(F)F)cc2)cc1)C(=O)Cc1nc(SCc2ccc(F)cc2)[nH]c(=O)c1OC. The van der Waals surface area contributed by atoms with E-state index in [-0.39, 0.29) is 36.1 Å². The largest absolute Gasteiger partial charge is 0.490 e. The van der Waals surface area contributed by atoms with Crippen molar-refractivity contribution in [1.29, 1.82) is 0 Å². The summed E-state index contributed by atoms with van der Waals surface area (Å²) in [5.41, 5.74) is 2.08. The number of aromatic amines is 1. The number of aromatic nitrogens is 2. The van der Waals surface area contributed by atoms with Crippen molar-refractivity contribution in [3.8, 4) is 16.9 Å². The number of nitrogens with one attached hydrogen (secondary N) is 1. The molecule has 4 aromatic rings. The van der Waals surface area contributed by atoms with Crippen LogP contribution in [0.2, 0.25) is 0 Å². The predicted octanol–water partition coefficient (Wildman–Crippen LogP) is 6.81. The lowest BCUT2D eigenvalue weighted by molar-refractivity contribution is -0.137. The Morgan fingerprint density at radius 1 is 0.891 bits per heavy atom. The second-order valence-corrected chi connectivity index (χ2v) is 11.5. The number of amides is 1. The highest BCUT2D eigenvalue weighted by Gasteiger charge is 2.30. The van der Waals surface area contributed by atoms with E-state index in [2.05, 4.69) is 14.9 Å². The van der Waals surface area contributed by atoms with E-state index in [4.69, 9.17) is 4.74 Å². The van der Waals surface area contributed by atoms with E-state index >= 15 is 0 Å². The third kappa shape index (κ3) is 9.43. The second kappa shape index (κ2) is 15.9. The zero-order chi connectivity index (χ0) is 33.3. The van der Waals surface area contributed by atoms with Crippen molar-refractivity contribution in [2.75, 3.05) is 33.3 Å². The molecule has 4 rings (SSSR count). The van der Waals surface area contributed by atoms with Crippen LogP contribution in [-0.4, -0.2) is 59.0 Å². The summed E-state index contributed by atoms with van der Waals surface area (Å²) in [5.74, 6) is -0.193. The molecule has 0 aliphatic carbocycles. The summed E-state index contributed by atoms with van der Waals surface area (Å²) in [6.07, 6.45) is -4.57. The van der Waals surface area contributed by atoms with Crippen LogP contribution in [0.1, 0.15) is 36.2 Å². The van der Waals surface area contributed by atoms with Crippen molar-refractivity contribution >= 4 is 17.7 Å². The molecule has 0 atom stereocenters. The summed E-state index contributed by atoms with van der Waals surface area (Å²) in [6, 6.07) is 18.3. The van der Waals surface area contributed by atoms with Gasteiger partial charge in [-0.25, -0.2) is 9.37 Å². The summed E-state index contributed by atoms with van der Waals surface area (Å²) >= 11 is 1.25. The highest BCUT2D eigenvalue weighted by molar-refractivity contribution is 7.98. The number of H-pyrrole nitrogens is 1. The highest BCUT2D eigenvalue weighted by atomic mass is 32.2. The van der Waals surface area contributed by atoms with Crippen molar-refractivity contribution in [3.05, 3.63) is 111 Å². The van der Waals surface area contributed by atoms with E-state index in [9.17, 15) is 27.2 Å². The van der Waals surface area contributed by atoms with E-state index < -0.39 is 17.3 Å². The van der Waals surface area contributed by atoms with E-state index in [0.717, 1.165) is 41.9 Å². The molecule has 0 radical (unpaired) electrons. The minimum atomic E-state index is -4.40. The minimum Gasteiger partial charge on any atom is -0.490 e. The average molecular weight is 657 g/mol. The number of hydrogen-bond donors (Lipinski definition) is 1. The molecule has 3 aromatic carbocycles. The van der Waals surface area contributed by atoms with E-state index in [1.165, 1.54) is 43.1 Å². The van der Waals surface area contributed by atoms with Crippen LogP contribution in [0.4, 0.5) is 17.6 Å². The monoisotopic (exact) mass is 656 g/mol. The van der Waals surface area contributed by atoms with Crippen LogP contribution in [0.3, 0.4) is 0 Å². The van der Waals surface area contributed by atoms with Gasteiger partial charge in [0, 0.05) is 25.4 Å². The van der Waals surface area contributed by atoms with Crippen LogP contribution >= 0.6 is 11.8 Å². The summed E-state index contributed by atoms with van der Waals surface area (Å²) in [7, 11) is 1.35. The number of carbonyl (C=O) groups is 1. The number of likely N-dealkylation sites (N-methyl/N-ethyl adjacent to an activating group) is 1. The summed E-state index contributed by atoms with van der Waals surface area (Å²) in [5, 5.41) is 0.312. The van der Waals surface area contributed by atoms with Crippen LogP contribution < -0.4 is 10.3 Å². The molecule has 0 unspecified atom stereocenters. The maximum Gasteiger partial charge on any atom is 0.416 e. The third-order valence-electron chi connectivity index (χ3n) is 7.54. The van der Waals surface area contributed by atoms with Crippen LogP contribution in [0.15, 0.2) is 82.7 Å². The van der Waals surface area contributed by atoms with Crippen molar-refractivity contribution in [3.63, 3.8) is 0 Å². The van der Waals surface area contributed by atoms with Gasteiger partial charge in [0.25, 0.3) is 5.56 Å². The molecule has 7 nitrogen and oxygen atoms in total. The third-order valence-corrected chi connectivity index (χ3v) is 8.49. The van der Waals surface area contributed by atoms with Gasteiger partial charge in [-0.2, -0.15) is 13.2 Å². The maximum absolute atomic E-state index is 13.8. The number of ether oxygens (including phenoxy) is 1. The van der Waals surface area contributed by atoms with Crippen molar-refractivity contribution < 1.29 is 27.1 Å². The molecule has 244 valence electrons. The molecule has 0 bridgehead atoms. The lowest BCUT2D eigenvalue weighted by Crippen LogP contribution is -2.39. The summed E-state index contributed by atoms with van der Waals surface area (Å²) in [6.45, 7) is 7.08. The Bertz CT molecular complexity index is 1640. The van der Waals surface area contributed by atoms with Gasteiger partial charge in [0.15, 0.2) is 5.16 Å². The first-order chi connectivity index (χ1) is 22.0. The molecular weight excluding hydrogens is 620 g/mol. The molecule has 0 saturated heterocycles. The van der Waals surface area contributed by atoms with Gasteiger partial charge >= 0.3 is 6.18 Å². The molecule has 46 heavy (non-hydrogen) atoms. The van der Waals surface area contributed by atoms with Gasteiger partial charge in [-0.1, -0.05) is 74.1 Å². The van der Waals surface area contributed by atoms with E-state index in [1.807, 2.05) is 38.1 Å². The molecule has 1 N–H and O–H groups in total. The lowest BCUT2D eigenvalue weighted by atomic mass is 10.0. The number of nitrogens with zero attached hydrogens (tertiary/aromatic N) is 3.